The molecule has 1 fully saturated rings. The highest BCUT2D eigenvalue weighted by Gasteiger charge is 2.60. The summed E-state index contributed by atoms with van der Waals surface area (Å²) in [5.74, 6) is 1.18. The summed E-state index contributed by atoms with van der Waals surface area (Å²) >= 11 is 0. The van der Waals surface area contributed by atoms with E-state index in [0.29, 0.717) is 12.1 Å². The van der Waals surface area contributed by atoms with E-state index in [4.69, 9.17) is 18.9 Å². The number of pyridine rings is 1. The number of rotatable bonds is 3. The molecular weight excluding hydrogens is 384 g/mol. The molecular formula is C23H22N2O5. The van der Waals surface area contributed by atoms with E-state index >= 15 is 0 Å². The number of methoxy groups -OCH3 is 1. The lowest BCUT2D eigenvalue weighted by atomic mass is 9.65. The van der Waals surface area contributed by atoms with Gasteiger partial charge in [-0.3, -0.25) is 9.88 Å². The van der Waals surface area contributed by atoms with E-state index in [2.05, 4.69) is 34.2 Å². The molecule has 1 aromatic carbocycles. The summed E-state index contributed by atoms with van der Waals surface area (Å²) in [5, 5.41) is 0. The first-order chi connectivity index (χ1) is 14.7. The zero-order valence-electron chi connectivity index (χ0n) is 16.6. The quantitative estimate of drug-likeness (QED) is 0.573. The average Bonchev–Trinajstić information content (AvgIpc) is 3.33. The van der Waals surface area contributed by atoms with Gasteiger partial charge in [0.05, 0.1) is 17.1 Å². The molecule has 154 valence electrons. The third-order valence-corrected chi connectivity index (χ3v) is 6.86. The number of benzene rings is 1. The van der Waals surface area contributed by atoms with E-state index in [0.717, 1.165) is 30.0 Å². The van der Waals surface area contributed by atoms with Gasteiger partial charge in [0.1, 0.15) is 6.10 Å². The van der Waals surface area contributed by atoms with Crippen LogP contribution in [0.5, 0.6) is 11.5 Å². The van der Waals surface area contributed by atoms with Crippen molar-refractivity contribution in [3.63, 3.8) is 0 Å². The lowest BCUT2D eigenvalue weighted by molar-refractivity contribution is 0.0187. The van der Waals surface area contributed by atoms with Crippen molar-refractivity contribution in [1.29, 1.82) is 0 Å². The van der Waals surface area contributed by atoms with E-state index in [-0.39, 0.29) is 31.0 Å². The van der Waals surface area contributed by atoms with Crippen molar-refractivity contribution in [1.82, 2.24) is 9.88 Å². The summed E-state index contributed by atoms with van der Waals surface area (Å²) in [4.78, 5) is 19.4. The van der Waals surface area contributed by atoms with Crippen molar-refractivity contribution in [2.75, 3.05) is 20.4 Å². The van der Waals surface area contributed by atoms with Gasteiger partial charge >= 0.3 is 5.97 Å². The van der Waals surface area contributed by atoms with Gasteiger partial charge in [-0.05, 0) is 41.8 Å². The van der Waals surface area contributed by atoms with E-state index < -0.39 is 5.41 Å². The number of nitrogens with zero attached hydrogens (tertiary/aromatic N) is 2. The maximum absolute atomic E-state index is 12.9. The summed E-state index contributed by atoms with van der Waals surface area (Å²) in [6, 6.07) is 7.82. The van der Waals surface area contributed by atoms with Crippen molar-refractivity contribution in [2.24, 2.45) is 0 Å². The molecule has 2 aromatic rings. The van der Waals surface area contributed by atoms with E-state index in [1.165, 1.54) is 5.56 Å². The topological polar surface area (TPSA) is 70.1 Å². The van der Waals surface area contributed by atoms with Crippen LogP contribution >= 0.6 is 0 Å². The minimum atomic E-state index is -0.443. The Balaban J connectivity index is 1.45. The Morgan fingerprint density at radius 3 is 2.97 bits per heavy atom. The molecule has 2 bridgehead atoms. The second-order valence-corrected chi connectivity index (χ2v) is 8.25. The SMILES string of the molecule is CO[C@@H]1C=C[C@@]23c4cc5c(cc4CN(C[C@H]2OC(=O)c2cccnc2)[C@H]3C1)OCO5. The molecule has 7 nitrogen and oxygen atoms in total. The van der Waals surface area contributed by atoms with Gasteiger partial charge in [0.15, 0.2) is 11.5 Å². The molecule has 1 aliphatic carbocycles. The van der Waals surface area contributed by atoms with Gasteiger partial charge in [0.2, 0.25) is 6.79 Å². The summed E-state index contributed by atoms with van der Waals surface area (Å²) in [7, 11) is 1.74. The maximum atomic E-state index is 12.9. The molecule has 30 heavy (non-hydrogen) atoms. The normalized spacial score (nSPS) is 32.4. The van der Waals surface area contributed by atoms with Crippen LogP contribution in [0.4, 0.5) is 0 Å². The molecule has 5 atom stereocenters. The first-order valence-corrected chi connectivity index (χ1v) is 10.2. The van der Waals surface area contributed by atoms with E-state index in [1.807, 2.05) is 0 Å². The minimum Gasteiger partial charge on any atom is -0.456 e. The number of carbonyl (C=O) groups excluding carboxylic acids is 1. The van der Waals surface area contributed by atoms with Crippen LogP contribution in [0.2, 0.25) is 0 Å². The summed E-state index contributed by atoms with van der Waals surface area (Å²) in [6.45, 7) is 1.68. The zero-order valence-corrected chi connectivity index (χ0v) is 16.6. The number of fused-ring (bicyclic) bond motifs is 2. The molecule has 1 saturated heterocycles. The number of aromatic nitrogens is 1. The number of carbonyl (C=O) groups is 1. The van der Waals surface area contributed by atoms with Crippen molar-refractivity contribution in [3.05, 3.63) is 65.5 Å². The Kier molecular flexibility index (Phi) is 3.91. The van der Waals surface area contributed by atoms with Crippen molar-refractivity contribution < 1.29 is 23.7 Å². The summed E-state index contributed by atoms with van der Waals surface area (Å²) < 4.78 is 23.0. The van der Waals surface area contributed by atoms with Crippen LogP contribution in [0.25, 0.3) is 0 Å². The van der Waals surface area contributed by atoms with Crippen LogP contribution in [0.1, 0.15) is 27.9 Å². The predicted molar refractivity (Wildman–Crippen MR) is 106 cm³/mol. The molecule has 0 saturated carbocycles. The predicted octanol–water partition coefficient (Wildman–Crippen LogP) is 2.45. The maximum Gasteiger partial charge on any atom is 0.340 e. The van der Waals surface area contributed by atoms with Crippen LogP contribution in [0, 0.1) is 0 Å². The van der Waals surface area contributed by atoms with E-state index in [1.54, 1.807) is 31.6 Å². The van der Waals surface area contributed by atoms with Crippen LogP contribution in [0.3, 0.4) is 0 Å². The Bertz CT molecular complexity index is 1040. The van der Waals surface area contributed by atoms with E-state index in [9.17, 15) is 4.79 Å². The number of hydrogen-bond acceptors (Lipinski definition) is 7. The second-order valence-electron chi connectivity index (χ2n) is 8.25. The molecule has 1 aromatic heterocycles. The van der Waals surface area contributed by atoms with Gasteiger partial charge in [0, 0.05) is 38.6 Å². The fourth-order valence-corrected chi connectivity index (χ4v) is 5.48. The Morgan fingerprint density at radius 1 is 1.30 bits per heavy atom. The zero-order chi connectivity index (χ0) is 20.3. The van der Waals surface area contributed by atoms with Crippen LogP contribution in [-0.4, -0.2) is 54.6 Å². The largest absolute Gasteiger partial charge is 0.456 e. The average molecular weight is 406 g/mol. The van der Waals surface area contributed by atoms with Crippen molar-refractivity contribution in [3.8, 4) is 11.5 Å². The molecule has 4 heterocycles. The number of hydrogen-bond donors (Lipinski definition) is 0. The molecule has 7 heteroatoms. The van der Waals surface area contributed by atoms with Gasteiger partial charge in [0.25, 0.3) is 0 Å². The Labute approximate surface area is 174 Å². The van der Waals surface area contributed by atoms with Crippen LogP contribution in [0.15, 0.2) is 48.8 Å². The minimum absolute atomic E-state index is 0.0500. The third-order valence-electron chi connectivity index (χ3n) is 6.86. The molecule has 6 rings (SSSR count). The fourth-order valence-electron chi connectivity index (χ4n) is 5.48. The van der Waals surface area contributed by atoms with Gasteiger partial charge < -0.3 is 18.9 Å². The monoisotopic (exact) mass is 406 g/mol. The summed E-state index contributed by atoms with van der Waals surface area (Å²) in [6.07, 6.45) is 8.07. The molecule has 4 aliphatic rings. The van der Waals surface area contributed by atoms with Gasteiger partial charge in [-0.2, -0.15) is 0 Å². The smallest absolute Gasteiger partial charge is 0.340 e. The number of esters is 1. The van der Waals surface area contributed by atoms with Crippen molar-refractivity contribution in [2.45, 2.75) is 36.6 Å². The van der Waals surface area contributed by atoms with Gasteiger partial charge in [-0.25, -0.2) is 4.79 Å². The van der Waals surface area contributed by atoms with Crippen LogP contribution < -0.4 is 9.47 Å². The second kappa shape index (κ2) is 6.55. The highest BCUT2D eigenvalue weighted by Crippen LogP contribution is 2.54. The molecule has 0 N–H and O–H groups in total. The van der Waals surface area contributed by atoms with Gasteiger partial charge in [-0.15, -0.1) is 0 Å². The van der Waals surface area contributed by atoms with Gasteiger partial charge in [-0.1, -0.05) is 12.2 Å². The molecule has 0 radical (unpaired) electrons. The molecule has 1 unspecified atom stereocenters. The Morgan fingerprint density at radius 2 is 2.17 bits per heavy atom. The highest BCUT2D eigenvalue weighted by molar-refractivity contribution is 5.89. The molecule has 0 spiro atoms. The summed E-state index contributed by atoms with van der Waals surface area (Å²) in [5.41, 5.74) is 2.36. The van der Waals surface area contributed by atoms with Crippen molar-refractivity contribution >= 4 is 5.97 Å². The molecule has 3 aliphatic heterocycles. The first-order valence-electron chi connectivity index (χ1n) is 10.2. The standard InChI is InChI=1S/C23H22N2O5/c1-27-16-4-5-23-17-9-19-18(28-13-29-19)7-15(17)11-25(20(23)8-16)12-21(23)30-22(26)14-3-2-6-24-10-14/h2-7,9-10,16,20-21H,8,11-13H2,1H3/t16-,20+,21-,23+/m1/s1. The molecule has 0 amide bonds. The van der Waals surface area contributed by atoms with Crippen LogP contribution in [-0.2, 0) is 21.4 Å². The highest BCUT2D eigenvalue weighted by atomic mass is 16.7. The first kappa shape index (κ1) is 17.9. The lowest BCUT2D eigenvalue weighted by Crippen LogP contribution is -2.53. The fraction of sp³-hybridized carbons (Fsp3) is 0.391. The third kappa shape index (κ3) is 2.45. The lowest BCUT2D eigenvalue weighted by Gasteiger charge is -2.46. The Hall–Kier alpha value is -2.90. The number of ether oxygens (including phenoxy) is 4.